The monoisotopic (exact) mass is 157 g/mol. The Morgan fingerprint density at radius 1 is 1.27 bits per heavy atom. The zero-order chi connectivity index (χ0) is 8.91. The van der Waals surface area contributed by atoms with Gasteiger partial charge in [0.1, 0.15) is 0 Å². The summed E-state index contributed by atoms with van der Waals surface area (Å²) in [5.74, 6) is 0. The first-order valence-corrected chi connectivity index (χ1v) is 4.81. The number of hydrogen-bond acceptors (Lipinski definition) is 1. The van der Waals surface area contributed by atoms with Gasteiger partial charge in [-0.1, -0.05) is 34.1 Å². The Morgan fingerprint density at radius 2 is 1.82 bits per heavy atom. The first-order valence-electron chi connectivity index (χ1n) is 4.81. The standard InChI is InChI=1S/C10H23N/c1-6-8-10(5,7-2)11-9(3)4/h9,11H,6-8H2,1-5H3. The molecule has 11 heavy (non-hydrogen) atoms. The summed E-state index contributed by atoms with van der Waals surface area (Å²) in [5, 5.41) is 3.61. The average molecular weight is 157 g/mol. The molecule has 0 saturated carbocycles. The van der Waals surface area contributed by atoms with E-state index in [1.54, 1.807) is 0 Å². The van der Waals surface area contributed by atoms with Crippen LogP contribution in [0.1, 0.15) is 53.9 Å². The number of nitrogens with one attached hydrogen (secondary N) is 1. The van der Waals surface area contributed by atoms with Gasteiger partial charge in [-0.25, -0.2) is 0 Å². The van der Waals surface area contributed by atoms with Crippen molar-refractivity contribution in [2.75, 3.05) is 0 Å². The van der Waals surface area contributed by atoms with Crippen molar-refractivity contribution in [2.45, 2.75) is 65.5 Å². The fourth-order valence-electron chi connectivity index (χ4n) is 1.60. The highest BCUT2D eigenvalue weighted by molar-refractivity contribution is 4.82. The first-order chi connectivity index (χ1) is 5.04. The molecule has 68 valence electrons. The minimum Gasteiger partial charge on any atom is -0.309 e. The van der Waals surface area contributed by atoms with Crippen LogP contribution in [0.25, 0.3) is 0 Å². The molecule has 0 aliphatic heterocycles. The van der Waals surface area contributed by atoms with E-state index in [1.165, 1.54) is 19.3 Å². The third kappa shape index (κ3) is 4.41. The van der Waals surface area contributed by atoms with Gasteiger partial charge in [-0.3, -0.25) is 0 Å². The zero-order valence-electron chi connectivity index (χ0n) is 8.70. The molecule has 1 atom stereocenters. The van der Waals surface area contributed by atoms with Crippen LogP contribution in [0.15, 0.2) is 0 Å². The van der Waals surface area contributed by atoms with Crippen molar-refractivity contribution in [3.8, 4) is 0 Å². The summed E-state index contributed by atoms with van der Waals surface area (Å²) in [6.45, 7) is 11.2. The number of rotatable bonds is 5. The van der Waals surface area contributed by atoms with Crippen LogP contribution in [-0.2, 0) is 0 Å². The molecule has 0 aromatic carbocycles. The van der Waals surface area contributed by atoms with E-state index in [-0.39, 0.29) is 0 Å². The fraction of sp³-hybridized carbons (Fsp3) is 1.00. The molecular weight excluding hydrogens is 134 g/mol. The van der Waals surface area contributed by atoms with Crippen molar-refractivity contribution in [2.24, 2.45) is 0 Å². The van der Waals surface area contributed by atoms with Crippen LogP contribution < -0.4 is 5.32 Å². The maximum absolute atomic E-state index is 3.61. The molecule has 0 heterocycles. The molecule has 0 radical (unpaired) electrons. The molecule has 0 fully saturated rings. The lowest BCUT2D eigenvalue weighted by Gasteiger charge is -2.31. The normalized spacial score (nSPS) is 16.9. The summed E-state index contributed by atoms with van der Waals surface area (Å²) in [6, 6.07) is 0.603. The summed E-state index contributed by atoms with van der Waals surface area (Å²) in [5.41, 5.74) is 0.364. The molecule has 0 rings (SSSR count). The van der Waals surface area contributed by atoms with E-state index in [4.69, 9.17) is 0 Å². The topological polar surface area (TPSA) is 12.0 Å². The molecule has 1 nitrogen and oxygen atoms in total. The maximum atomic E-state index is 3.61. The molecule has 1 unspecified atom stereocenters. The molecule has 0 aromatic rings. The molecule has 0 bridgehead atoms. The van der Waals surface area contributed by atoms with Crippen molar-refractivity contribution >= 4 is 0 Å². The van der Waals surface area contributed by atoms with E-state index in [1.807, 2.05) is 0 Å². The molecule has 0 spiro atoms. The van der Waals surface area contributed by atoms with Crippen LogP contribution in [0.2, 0.25) is 0 Å². The van der Waals surface area contributed by atoms with Crippen molar-refractivity contribution in [1.82, 2.24) is 5.32 Å². The van der Waals surface area contributed by atoms with Gasteiger partial charge < -0.3 is 5.32 Å². The van der Waals surface area contributed by atoms with Gasteiger partial charge in [0.25, 0.3) is 0 Å². The molecule has 0 amide bonds. The van der Waals surface area contributed by atoms with Gasteiger partial charge in [0.05, 0.1) is 0 Å². The second-order valence-corrected chi connectivity index (χ2v) is 3.96. The highest BCUT2D eigenvalue weighted by atomic mass is 15.0. The molecule has 1 N–H and O–H groups in total. The van der Waals surface area contributed by atoms with Crippen LogP contribution in [0.5, 0.6) is 0 Å². The highest BCUT2D eigenvalue weighted by Crippen LogP contribution is 2.16. The lowest BCUT2D eigenvalue weighted by Crippen LogP contribution is -2.45. The van der Waals surface area contributed by atoms with Gasteiger partial charge in [-0.2, -0.15) is 0 Å². The SMILES string of the molecule is CCCC(C)(CC)NC(C)C. The molecule has 0 aliphatic rings. The first kappa shape index (κ1) is 11.0. The van der Waals surface area contributed by atoms with Gasteiger partial charge in [0.2, 0.25) is 0 Å². The lowest BCUT2D eigenvalue weighted by molar-refractivity contribution is 0.292. The zero-order valence-corrected chi connectivity index (χ0v) is 8.70. The Kier molecular flexibility index (Phi) is 4.74. The van der Waals surface area contributed by atoms with Crippen LogP contribution >= 0.6 is 0 Å². The Hall–Kier alpha value is -0.0400. The summed E-state index contributed by atoms with van der Waals surface area (Å²) >= 11 is 0. The Labute approximate surface area is 71.6 Å². The van der Waals surface area contributed by atoms with E-state index < -0.39 is 0 Å². The average Bonchev–Trinajstić information content (AvgIpc) is 1.87. The predicted octanol–water partition coefficient (Wildman–Crippen LogP) is 2.95. The minimum atomic E-state index is 0.364. The maximum Gasteiger partial charge on any atom is 0.0153 e. The molecule has 0 aliphatic carbocycles. The Morgan fingerprint density at radius 3 is 2.09 bits per heavy atom. The minimum absolute atomic E-state index is 0.364. The van der Waals surface area contributed by atoms with Crippen molar-refractivity contribution in [3.05, 3.63) is 0 Å². The van der Waals surface area contributed by atoms with Crippen molar-refractivity contribution in [1.29, 1.82) is 0 Å². The second-order valence-electron chi connectivity index (χ2n) is 3.96. The van der Waals surface area contributed by atoms with Crippen molar-refractivity contribution in [3.63, 3.8) is 0 Å². The predicted molar refractivity (Wildman–Crippen MR) is 51.9 cm³/mol. The van der Waals surface area contributed by atoms with E-state index in [2.05, 4.69) is 39.9 Å². The summed E-state index contributed by atoms with van der Waals surface area (Å²) in [6.07, 6.45) is 3.77. The van der Waals surface area contributed by atoms with Gasteiger partial charge in [-0.15, -0.1) is 0 Å². The summed E-state index contributed by atoms with van der Waals surface area (Å²) in [7, 11) is 0. The summed E-state index contributed by atoms with van der Waals surface area (Å²) < 4.78 is 0. The molecular formula is C10H23N. The van der Waals surface area contributed by atoms with Gasteiger partial charge in [-0.05, 0) is 19.8 Å². The second kappa shape index (κ2) is 4.76. The highest BCUT2D eigenvalue weighted by Gasteiger charge is 2.20. The van der Waals surface area contributed by atoms with Gasteiger partial charge >= 0.3 is 0 Å². The Balaban J connectivity index is 3.87. The lowest BCUT2D eigenvalue weighted by atomic mass is 9.92. The Bertz CT molecular complexity index is 99.0. The van der Waals surface area contributed by atoms with Crippen LogP contribution in [-0.4, -0.2) is 11.6 Å². The van der Waals surface area contributed by atoms with Crippen LogP contribution in [0.4, 0.5) is 0 Å². The van der Waals surface area contributed by atoms with E-state index >= 15 is 0 Å². The fourth-order valence-corrected chi connectivity index (χ4v) is 1.60. The molecule has 0 aromatic heterocycles. The smallest absolute Gasteiger partial charge is 0.0153 e. The van der Waals surface area contributed by atoms with E-state index in [9.17, 15) is 0 Å². The molecule has 1 heteroatoms. The quantitative estimate of drug-likeness (QED) is 0.647. The van der Waals surface area contributed by atoms with E-state index in [0.29, 0.717) is 11.6 Å². The van der Waals surface area contributed by atoms with E-state index in [0.717, 1.165) is 0 Å². The van der Waals surface area contributed by atoms with Crippen molar-refractivity contribution < 1.29 is 0 Å². The molecule has 0 saturated heterocycles. The number of hydrogen-bond donors (Lipinski definition) is 1. The van der Waals surface area contributed by atoms with Gasteiger partial charge in [0.15, 0.2) is 0 Å². The van der Waals surface area contributed by atoms with Gasteiger partial charge in [0, 0.05) is 11.6 Å². The third-order valence-electron chi connectivity index (χ3n) is 2.22. The third-order valence-corrected chi connectivity index (χ3v) is 2.22. The van der Waals surface area contributed by atoms with Crippen LogP contribution in [0, 0.1) is 0 Å². The summed E-state index contributed by atoms with van der Waals surface area (Å²) in [4.78, 5) is 0. The van der Waals surface area contributed by atoms with Crippen LogP contribution in [0.3, 0.4) is 0 Å². The largest absolute Gasteiger partial charge is 0.309 e.